The van der Waals surface area contributed by atoms with Gasteiger partial charge in [-0.05, 0) is 11.6 Å². The molecule has 0 fully saturated rings. The van der Waals surface area contributed by atoms with Gasteiger partial charge in [-0.15, -0.1) is 0 Å². The summed E-state index contributed by atoms with van der Waals surface area (Å²) in [5.74, 6) is 0. The van der Waals surface area contributed by atoms with Gasteiger partial charge in [0.15, 0.2) is 0 Å². The first-order valence-corrected chi connectivity index (χ1v) is 4.86. The summed E-state index contributed by atoms with van der Waals surface area (Å²) in [4.78, 5) is 0. The SMILES string of the molecule is N#Cc1[c]ccc(Cl)c1-c1ccccc1. The van der Waals surface area contributed by atoms with Crippen LogP contribution in [0.3, 0.4) is 0 Å². The Morgan fingerprint density at radius 3 is 2.53 bits per heavy atom. The standard InChI is InChI=1S/C13H7ClN/c14-12-8-4-7-11(9-15)13(12)10-5-2-1-3-6-10/h1-6,8H. The van der Waals surface area contributed by atoms with E-state index >= 15 is 0 Å². The van der Waals surface area contributed by atoms with Crippen LogP contribution in [-0.4, -0.2) is 0 Å². The van der Waals surface area contributed by atoms with E-state index < -0.39 is 0 Å². The van der Waals surface area contributed by atoms with Crippen LogP contribution < -0.4 is 0 Å². The smallest absolute Gasteiger partial charge is 0.100 e. The lowest BCUT2D eigenvalue weighted by atomic mass is 10.0. The van der Waals surface area contributed by atoms with Crippen molar-refractivity contribution < 1.29 is 0 Å². The normalized spacial score (nSPS) is 9.60. The summed E-state index contributed by atoms with van der Waals surface area (Å²) in [5, 5.41) is 9.54. The fourth-order valence-corrected chi connectivity index (χ4v) is 1.71. The van der Waals surface area contributed by atoms with Crippen LogP contribution in [0.15, 0.2) is 42.5 Å². The van der Waals surface area contributed by atoms with Crippen LogP contribution in [0.2, 0.25) is 5.02 Å². The van der Waals surface area contributed by atoms with Gasteiger partial charge < -0.3 is 0 Å². The Bertz CT molecular complexity index is 512. The first kappa shape index (κ1) is 9.76. The maximum atomic E-state index is 8.96. The van der Waals surface area contributed by atoms with Crippen molar-refractivity contribution in [2.45, 2.75) is 0 Å². The van der Waals surface area contributed by atoms with E-state index in [0.717, 1.165) is 11.1 Å². The van der Waals surface area contributed by atoms with Gasteiger partial charge in [-0.1, -0.05) is 48.0 Å². The zero-order valence-electron chi connectivity index (χ0n) is 7.87. The third kappa shape index (κ3) is 1.86. The largest absolute Gasteiger partial charge is 0.192 e. The van der Waals surface area contributed by atoms with Crippen molar-refractivity contribution in [1.82, 2.24) is 0 Å². The van der Waals surface area contributed by atoms with E-state index in [-0.39, 0.29) is 0 Å². The predicted molar refractivity (Wildman–Crippen MR) is 60.4 cm³/mol. The van der Waals surface area contributed by atoms with Gasteiger partial charge in [-0.3, -0.25) is 0 Å². The number of rotatable bonds is 1. The van der Waals surface area contributed by atoms with Gasteiger partial charge in [0.05, 0.1) is 5.56 Å². The van der Waals surface area contributed by atoms with Gasteiger partial charge in [0, 0.05) is 16.7 Å². The van der Waals surface area contributed by atoms with E-state index in [1.165, 1.54) is 0 Å². The van der Waals surface area contributed by atoms with Gasteiger partial charge in [0.25, 0.3) is 0 Å². The molecular weight excluding hydrogens is 206 g/mol. The summed E-state index contributed by atoms with van der Waals surface area (Å²) >= 11 is 6.07. The Balaban J connectivity index is 2.68. The van der Waals surface area contributed by atoms with Crippen molar-refractivity contribution in [3.05, 3.63) is 59.1 Å². The molecule has 0 spiro atoms. The summed E-state index contributed by atoms with van der Waals surface area (Å²) in [6.45, 7) is 0. The lowest BCUT2D eigenvalue weighted by molar-refractivity contribution is 1.47. The third-order valence-corrected chi connectivity index (χ3v) is 2.44. The van der Waals surface area contributed by atoms with Gasteiger partial charge in [0.2, 0.25) is 0 Å². The molecule has 0 saturated heterocycles. The highest BCUT2D eigenvalue weighted by Crippen LogP contribution is 2.30. The van der Waals surface area contributed by atoms with Gasteiger partial charge in [0.1, 0.15) is 6.07 Å². The molecule has 2 heteroatoms. The number of nitriles is 1. The Hall–Kier alpha value is -1.78. The molecule has 0 aliphatic heterocycles. The van der Waals surface area contributed by atoms with Crippen molar-refractivity contribution in [3.63, 3.8) is 0 Å². The molecule has 2 rings (SSSR count). The van der Waals surface area contributed by atoms with E-state index in [2.05, 4.69) is 12.1 Å². The topological polar surface area (TPSA) is 23.8 Å². The van der Waals surface area contributed by atoms with E-state index in [1.807, 2.05) is 30.3 Å². The van der Waals surface area contributed by atoms with Gasteiger partial charge in [-0.2, -0.15) is 5.26 Å². The van der Waals surface area contributed by atoms with Crippen LogP contribution in [0, 0.1) is 17.4 Å². The zero-order valence-corrected chi connectivity index (χ0v) is 8.62. The molecule has 0 aromatic heterocycles. The molecule has 0 amide bonds. The molecule has 0 saturated carbocycles. The second kappa shape index (κ2) is 4.16. The maximum absolute atomic E-state index is 8.96. The summed E-state index contributed by atoms with van der Waals surface area (Å²) < 4.78 is 0. The second-order valence-electron chi connectivity index (χ2n) is 3.05. The zero-order chi connectivity index (χ0) is 10.7. The van der Waals surface area contributed by atoms with E-state index in [0.29, 0.717) is 10.6 Å². The van der Waals surface area contributed by atoms with Crippen molar-refractivity contribution in [3.8, 4) is 17.2 Å². The first-order chi connectivity index (χ1) is 7.33. The molecule has 2 aromatic carbocycles. The molecule has 0 aliphatic rings. The lowest BCUT2D eigenvalue weighted by Crippen LogP contribution is -1.85. The fourth-order valence-electron chi connectivity index (χ4n) is 1.45. The molecule has 1 nitrogen and oxygen atoms in total. The van der Waals surface area contributed by atoms with Crippen molar-refractivity contribution in [2.24, 2.45) is 0 Å². The highest BCUT2D eigenvalue weighted by Gasteiger charge is 2.08. The van der Waals surface area contributed by atoms with Crippen LogP contribution in [-0.2, 0) is 0 Å². The molecule has 0 unspecified atom stereocenters. The van der Waals surface area contributed by atoms with Gasteiger partial charge >= 0.3 is 0 Å². The quantitative estimate of drug-likeness (QED) is 0.708. The molecular formula is C13H7ClN. The second-order valence-corrected chi connectivity index (χ2v) is 3.46. The third-order valence-electron chi connectivity index (χ3n) is 2.12. The molecule has 15 heavy (non-hydrogen) atoms. The fraction of sp³-hybridized carbons (Fsp3) is 0. The van der Waals surface area contributed by atoms with Gasteiger partial charge in [-0.25, -0.2) is 0 Å². The summed E-state index contributed by atoms with van der Waals surface area (Å²) in [6.07, 6.45) is 0. The average molecular weight is 213 g/mol. The van der Waals surface area contributed by atoms with Crippen LogP contribution >= 0.6 is 11.6 Å². The first-order valence-electron chi connectivity index (χ1n) is 4.48. The number of benzene rings is 2. The Labute approximate surface area is 93.5 Å². The number of hydrogen-bond donors (Lipinski definition) is 0. The molecule has 0 bridgehead atoms. The minimum absolute atomic E-state index is 0.480. The molecule has 0 aliphatic carbocycles. The Kier molecular flexibility index (Phi) is 2.71. The molecule has 71 valence electrons. The molecule has 2 aromatic rings. The van der Waals surface area contributed by atoms with Crippen LogP contribution in [0.4, 0.5) is 0 Å². The van der Waals surface area contributed by atoms with Crippen molar-refractivity contribution in [2.75, 3.05) is 0 Å². The minimum atomic E-state index is 0.480. The lowest BCUT2D eigenvalue weighted by Gasteiger charge is -2.05. The molecule has 0 heterocycles. The predicted octanol–water partition coefficient (Wildman–Crippen LogP) is 3.68. The number of nitrogens with zero attached hydrogens (tertiary/aromatic N) is 1. The maximum Gasteiger partial charge on any atom is 0.100 e. The van der Waals surface area contributed by atoms with E-state index in [1.54, 1.807) is 12.1 Å². The molecule has 0 atom stereocenters. The van der Waals surface area contributed by atoms with Crippen LogP contribution in [0.1, 0.15) is 5.56 Å². The summed E-state index contributed by atoms with van der Waals surface area (Å²) in [6, 6.07) is 18.0. The minimum Gasteiger partial charge on any atom is -0.192 e. The average Bonchev–Trinajstić information content (AvgIpc) is 2.29. The van der Waals surface area contributed by atoms with Crippen molar-refractivity contribution >= 4 is 11.6 Å². The molecule has 1 radical (unpaired) electrons. The molecule has 0 N–H and O–H groups in total. The van der Waals surface area contributed by atoms with Crippen molar-refractivity contribution in [1.29, 1.82) is 5.26 Å². The van der Waals surface area contributed by atoms with E-state index in [9.17, 15) is 0 Å². The highest BCUT2D eigenvalue weighted by atomic mass is 35.5. The summed E-state index contributed by atoms with van der Waals surface area (Å²) in [7, 11) is 0. The van der Waals surface area contributed by atoms with Crippen LogP contribution in [0.25, 0.3) is 11.1 Å². The number of halogens is 1. The monoisotopic (exact) mass is 212 g/mol. The summed E-state index contributed by atoms with van der Waals surface area (Å²) in [5.41, 5.74) is 2.17. The highest BCUT2D eigenvalue weighted by molar-refractivity contribution is 6.33. The van der Waals surface area contributed by atoms with E-state index in [4.69, 9.17) is 16.9 Å². The number of hydrogen-bond acceptors (Lipinski definition) is 1. The van der Waals surface area contributed by atoms with Crippen LogP contribution in [0.5, 0.6) is 0 Å². The Morgan fingerprint density at radius 1 is 1.13 bits per heavy atom. The Morgan fingerprint density at radius 2 is 1.87 bits per heavy atom.